The molecule has 1 aliphatic rings. The number of hydrogen-bond acceptors (Lipinski definition) is 4. The summed E-state index contributed by atoms with van der Waals surface area (Å²) in [6.45, 7) is 5.65. The summed E-state index contributed by atoms with van der Waals surface area (Å²) in [4.78, 5) is 11.8. The zero-order chi connectivity index (χ0) is 16.4. The van der Waals surface area contributed by atoms with Gasteiger partial charge >= 0.3 is 6.09 Å². The van der Waals surface area contributed by atoms with E-state index in [1.807, 2.05) is 32.9 Å². The number of methoxy groups -OCH3 is 1. The molecular formula is C17H25NO4. The van der Waals surface area contributed by atoms with Gasteiger partial charge in [0.1, 0.15) is 11.4 Å². The smallest absolute Gasteiger partial charge is 0.412 e. The molecule has 1 saturated carbocycles. The van der Waals surface area contributed by atoms with Gasteiger partial charge in [-0.2, -0.15) is 0 Å². The first kappa shape index (κ1) is 16.6. The zero-order valence-corrected chi connectivity index (χ0v) is 13.7. The molecule has 0 aromatic heterocycles. The molecule has 1 amide bonds. The van der Waals surface area contributed by atoms with E-state index in [4.69, 9.17) is 9.47 Å². The monoisotopic (exact) mass is 307 g/mol. The molecule has 0 unspecified atom stereocenters. The van der Waals surface area contributed by atoms with E-state index in [9.17, 15) is 9.90 Å². The lowest BCUT2D eigenvalue weighted by Gasteiger charge is -2.20. The van der Waals surface area contributed by atoms with Crippen LogP contribution in [0.1, 0.15) is 39.2 Å². The van der Waals surface area contributed by atoms with E-state index in [1.54, 1.807) is 13.2 Å². The maximum atomic E-state index is 11.8. The van der Waals surface area contributed by atoms with Gasteiger partial charge in [0, 0.05) is 12.3 Å². The van der Waals surface area contributed by atoms with Crippen molar-refractivity contribution in [2.45, 2.75) is 45.6 Å². The van der Waals surface area contributed by atoms with Crippen LogP contribution in [0, 0.1) is 5.41 Å². The van der Waals surface area contributed by atoms with E-state index < -0.39 is 11.7 Å². The molecule has 0 bridgehead atoms. The summed E-state index contributed by atoms with van der Waals surface area (Å²) in [7, 11) is 1.62. The Labute approximate surface area is 131 Å². The molecule has 1 aromatic carbocycles. The maximum absolute atomic E-state index is 11.8. The summed E-state index contributed by atoms with van der Waals surface area (Å²) in [6, 6.07) is 5.50. The van der Waals surface area contributed by atoms with E-state index in [1.165, 1.54) is 0 Å². The number of carbonyl (C=O) groups is 1. The van der Waals surface area contributed by atoms with Crippen LogP contribution in [0.5, 0.6) is 5.75 Å². The van der Waals surface area contributed by atoms with Gasteiger partial charge in [-0.05, 0) is 69.2 Å². The number of anilines is 1. The van der Waals surface area contributed by atoms with E-state index >= 15 is 0 Å². The molecule has 1 fully saturated rings. The van der Waals surface area contributed by atoms with Crippen LogP contribution in [0.15, 0.2) is 18.2 Å². The molecule has 5 nitrogen and oxygen atoms in total. The highest BCUT2D eigenvalue weighted by Gasteiger charge is 2.42. The lowest BCUT2D eigenvalue weighted by Crippen LogP contribution is -2.27. The minimum atomic E-state index is -0.533. The Morgan fingerprint density at radius 1 is 1.36 bits per heavy atom. The van der Waals surface area contributed by atoms with Crippen LogP contribution in [-0.2, 0) is 11.2 Å². The van der Waals surface area contributed by atoms with Crippen molar-refractivity contribution in [3.05, 3.63) is 23.8 Å². The minimum absolute atomic E-state index is 0.0160. The molecule has 0 atom stereocenters. The summed E-state index contributed by atoms with van der Waals surface area (Å²) in [6.07, 6.45) is 2.32. The summed E-state index contributed by atoms with van der Waals surface area (Å²) < 4.78 is 10.6. The molecule has 0 aliphatic heterocycles. The zero-order valence-electron chi connectivity index (χ0n) is 13.7. The average molecular weight is 307 g/mol. The van der Waals surface area contributed by atoms with Crippen LogP contribution in [-0.4, -0.2) is 30.5 Å². The number of aliphatic hydroxyl groups is 1. The fourth-order valence-corrected chi connectivity index (χ4v) is 2.39. The number of rotatable bonds is 5. The van der Waals surface area contributed by atoms with Gasteiger partial charge in [-0.3, -0.25) is 5.32 Å². The number of aliphatic hydroxyl groups excluding tert-OH is 1. The second-order valence-electron chi connectivity index (χ2n) is 6.99. The maximum Gasteiger partial charge on any atom is 0.412 e. The molecule has 0 spiro atoms. The average Bonchev–Trinajstić information content (AvgIpc) is 3.17. The predicted octanol–water partition coefficient (Wildman–Crippen LogP) is 3.36. The molecule has 22 heavy (non-hydrogen) atoms. The van der Waals surface area contributed by atoms with Gasteiger partial charge in [0.15, 0.2) is 0 Å². The molecule has 2 N–H and O–H groups in total. The Bertz CT molecular complexity index is 544. The van der Waals surface area contributed by atoms with E-state index in [0.717, 1.165) is 30.6 Å². The second-order valence-corrected chi connectivity index (χ2v) is 6.99. The third-order valence-electron chi connectivity index (χ3n) is 3.78. The molecule has 2 rings (SSSR count). The summed E-state index contributed by atoms with van der Waals surface area (Å²) in [5.74, 6) is 0.773. The number of ether oxygens (including phenoxy) is 2. The first-order valence-corrected chi connectivity index (χ1v) is 7.55. The topological polar surface area (TPSA) is 67.8 Å². The van der Waals surface area contributed by atoms with Gasteiger partial charge in [0.25, 0.3) is 0 Å². The van der Waals surface area contributed by atoms with E-state index in [2.05, 4.69) is 5.32 Å². The Morgan fingerprint density at radius 2 is 2.05 bits per heavy atom. The van der Waals surface area contributed by atoms with Gasteiger partial charge < -0.3 is 14.6 Å². The lowest BCUT2D eigenvalue weighted by molar-refractivity contribution is 0.0636. The quantitative estimate of drug-likeness (QED) is 0.875. The third-order valence-corrected chi connectivity index (χ3v) is 3.78. The fraction of sp³-hybridized carbons (Fsp3) is 0.588. The first-order valence-electron chi connectivity index (χ1n) is 7.55. The Hall–Kier alpha value is -1.75. The molecule has 0 radical (unpaired) electrons. The predicted molar refractivity (Wildman–Crippen MR) is 85.3 cm³/mol. The first-order chi connectivity index (χ1) is 10.3. The largest absolute Gasteiger partial charge is 0.496 e. The summed E-state index contributed by atoms with van der Waals surface area (Å²) in [5, 5.41) is 12.2. The molecule has 122 valence electrons. The summed E-state index contributed by atoms with van der Waals surface area (Å²) in [5.41, 5.74) is 1.10. The molecule has 1 aliphatic carbocycles. The lowest BCUT2D eigenvalue weighted by atomic mass is 9.96. The second kappa shape index (κ2) is 6.16. The van der Waals surface area contributed by atoms with Crippen LogP contribution in [0.3, 0.4) is 0 Å². The number of amides is 1. The molecule has 0 heterocycles. The Kier molecular flexibility index (Phi) is 4.66. The van der Waals surface area contributed by atoms with Crippen molar-refractivity contribution in [1.29, 1.82) is 0 Å². The number of carbonyl (C=O) groups excluding carboxylic acids is 1. The van der Waals surface area contributed by atoms with Crippen molar-refractivity contribution in [2.24, 2.45) is 5.41 Å². The molecule has 0 saturated heterocycles. The van der Waals surface area contributed by atoms with E-state index in [0.29, 0.717) is 5.69 Å². The van der Waals surface area contributed by atoms with Crippen LogP contribution in [0.2, 0.25) is 0 Å². The van der Waals surface area contributed by atoms with E-state index in [-0.39, 0.29) is 12.0 Å². The standard InChI is InChI=1S/C17H25NO4/c1-16(2,3)22-15(20)18-13-5-6-14(21-4)12(9-13)10-17(11-19)7-8-17/h5-6,9,19H,7-8,10-11H2,1-4H3,(H,18,20). The molecule has 5 heteroatoms. The van der Waals surface area contributed by atoms with Crippen molar-refractivity contribution in [2.75, 3.05) is 19.0 Å². The van der Waals surface area contributed by atoms with Gasteiger partial charge in [0.05, 0.1) is 7.11 Å². The molecular weight excluding hydrogens is 282 g/mol. The van der Waals surface area contributed by atoms with Crippen LogP contribution >= 0.6 is 0 Å². The molecule has 1 aromatic rings. The van der Waals surface area contributed by atoms with Crippen molar-refractivity contribution in [3.8, 4) is 5.75 Å². The fourth-order valence-electron chi connectivity index (χ4n) is 2.39. The summed E-state index contributed by atoms with van der Waals surface area (Å²) >= 11 is 0. The van der Waals surface area contributed by atoms with Gasteiger partial charge in [-0.15, -0.1) is 0 Å². The highest BCUT2D eigenvalue weighted by atomic mass is 16.6. The van der Waals surface area contributed by atoms with Crippen LogP contribution in [0.4, 0.5) is 10.5 Å². The number of benzene rings is 1. The number of nitrogens with one attached hydrogen (secondary N) is 1. The van der Waals surface area contributed by atoms with Crippen molar-refractivity contribution in [3.63, 3.8) is 0 Å². The van der Waals surface area contributed by atoms with Crippen LogP contribution in [0.25, 0.3) is 0 Å². The highest BCUT2D eigenvalue weighted by Crippen LogP contribution is 2.49. The van der Waals surface area contributed by atoms with Gasteiger partial charge in [-0.1, -0.05) is 0 Å². The van der Waals surface area contributed by atoms with Crippen molar-refractivity contribution < 1.29 is 19.4 Å². The van der Waals surface area contributed by atoms with Crippen LogP contribution < -0.4 is 10.1 Å². The minimum Gasteiger partial charge on any atom is -0.496 e. The Balaban J connectivity index is 2.11. The normalized spacial score (nSPS) is 16.0. The van der Waals surface area contributed by atoms with Crippen molar-refractivity contribution in [1.82, 2.24) is 0 Å². The third kappa shape index (κ3) is 4.37. The Morgan fingerprint density at radius 3 is 2.55 bits per heavy atom. The van der Waals surface area contributed by atoms with Gasteiger partial charge in [-0.25, -0.2) is 4.79 Å². The van der Waals surface area contributed by atoms with Crippen molar-refractivity contribution >= 4 is 11.8 Å². The SMILES string of the molecule is COc1ccc(NC(=O)OC(C)(C)C)cc1CC1(CO)CC1. The highest BCUT2D eigenvalue weighted by molar-refractivity contribution is 5.85. The van der Waals surface area contributed by atoms with Gasteiger partial charge in [0.2, 0.25) is 0 Å². The number of hydrogen-bond donors (Lipinski definition) is 2.